The van der Waals surface area contributed by atoms with Crippen LogP contribution in [0.1, 0.15) is 5.89 Å². The molecule has 0 atom stereocenters. The molecule has 0 amide bonds. The lowest BCUT2D eigenvalue weighted by molar-refractivity contribution is -0.274. The number of alkyl halides is 3. The molecule has 142 valence electrons. The van der Waals surface area contributed by atoms with E-state index in [9.17, 15) is 13.2 Å². The Morgan fingerprint density at radius 3 is 2.57 bits per heavy atom. The Morgan fingerprint density at radius 2 is 1.82 bits per heavy atom. The predicted molar refractivity (Wildman–Crippen MR) is 98.4 cm³/mol. The number of aromatic nitrogens is 2. The maximum Gasteiger partial charge on any atom is 0.573 e. The Balaban J connectivity index is 1.52. The van der Waals surface area contributed by atoms with Gasteiger partial charge in [-0.3, -0.25) is 0 Å². The SMILES string of the molecule is Cc1nc2cc(-c3ccc(Nc4cccc(OC(F)(F)F)c4)nc3)ccc2o1. The van der Waals surface area contributed by atoms with Crippen molar-refractivity contribution >= 4 is 22.6 Å². The van der Waals surface area contributed by atoms with Crippen LogP contribution in [-0.4, -0.2) is 16.3 Å². The van der Waals surface area contributed by atoms with Crippen LogP contribution in [0, 0.1) is 6.92 Å². The zero-order valence-corrected chi connectivity index (χ0v) is 14.6. The van der Waals surface area contributed by atoms with Gasteiger partial charge in [0.05, 0.1) is 0 Å². The van der Waals surface area contributed by atoms with Crippen molar-refractivity contribution in [1.29, 1.82) is 0 Å². The smallest absolute Gasteiger partial charge is 0.441 e. The lowest BCUT2D eigenvalue weighted by Gasteiger charge is -2.11. The summed E-state index contributed by atoms with van der Waals surface area (Å²) in [5.41, 5.74) is 3.72. The second-order valence-corrected chi connectivity index (χ2v) is 6.05. The number of benzene rings is 2. The number of pyridine rings is 1. The second kappa shape index (κ2) is 6.88. The van der Waals surface area contributed by atoms with E-state index in [0.29, 0.717) is 23.0 Å². The van der Waals surface area contributed by atoms with Crippen molar-refractivity contribution in [2.45, 2.75) is 13.3 Å². The van der Waals surface area contributed by atoms with Crippen LogP contribution in [0.4, 0.5) is 24.7 Å². The average molecular weight is 385 g/mol. The summed E-state index contributed by atoms with van der Waals surface area (Å²) in [6, 6.07) is 14.9. The number of nitrogens with one attached hydrogen (secondary N) is 1. The molecular formula is C20H14F3N3O2. The number of hydrogen-bond acceptors (Lipinski definition) is 5. The van der Waals surface area contributed by atoms with Gasteiger partial charge in [0, 0.05) is 30.4 Å². The molecule has 1 N–H and O–H groups in total. The third kappa shape index (κ3) is 4.06. The Labute approximate surface area is 157 Å². The molecule has 0 saturated carbocycles. The van der Waals surface area contributed by atoms with Gasteiger partial charge in [0.2, 0.25) is 0 Å². The fourth-order valence-corrected chi connectivity index (χ4v) is 2.78. The van der Waals surface area contributed by atoms with Crippen LogP contribution in [0.2, 0.25) is 0 Å². The lowest BCUT2D eigenvalue weighted by Crippen LogP contribution is -2.17. The van der Waals surface area contributed by atoms with Crippen LogP contribution >= 0.6 is 0 Å². The van der Waals surface area contributed by atoms with E-state index >= 15 is 0 Å². The first kappa shape index (κ1) is 17.8. The molecule has 0 radical (unpaired) electrons. The summed E-state index contributed by atoms with van der Waals surface area (Å²) >= 11 is 0. The topological polar surface area (TPSA) is 60.2 Å². The number of aryl methyl sites for hydroxylation is 1. The second-order valence-electron chi connectivity index (χ2n) is 6.05. The van der Waals surface area contributed by atoms with Crippen molar-refractivity contribution in [3.8, 4) is 16.9 Å². The third-order valence-corrected chi connectivity index (χ3v) is 3.93. The van der Waals surface area contributed by atoms with E-state index in [-0.39, 0.29) is 5.75 Å². The van der Waals surface area contributed by atoms with Crippen molar-refractivity contribution in [2.75, 3.05) is 5.32 Å². The Hall–Kier alpha value is -3.55. The highest BCUT2D eigenvalue weighted by molar-refractivity contribution is 5.80. The molecule has 0 bridgehead atoms. The largest absolute Gasteiger partial charge is 0.573 e. The Kier molecular flexibility index (Phi) is 4.38. The molecule has 2 aromatic heterocycles. The highest BCUT2D eigenvalue weighted by atomic mass is 19.4. The molecule has 0 aliphatic carbocycles. The molecular weight excluding hydrogens is 371 g/mol. The molecule has 8 heteroatoms. The molecule has 0 fully saturated rings. The summed E-state index contributed by atoms with van der Waals surface area (Å²) in [7, 11) is 0. The van der Waals surface area contributed by atoms with E-state index in [4.69, 9.17) is 4.42 Å². The minimum Gasteiger partial charge on any atom is -0.441 e. The van der Waals surface area contributed by atoms with Crippen LogP contribution in [-0.2, 0) is 0 Å². The molecule has 0 spiro atoms. The van der Waals surface area contributed by atoms with Gasteiger partial charge in [-0.25, -0.2) is 9.97 Å². The first-order valence-electron chi connectivity index (χ1n) is 8.32. The van der Waals surface area contributed by atoms with Crippen LogP contribution in [0.25, 0.3) is 22.2 Å². The standard InChI is InChI=1S/C20H14F3N3O2/c1-12-25-17-9-13(5-7-18(17)27-12)14-6-8-19(24-11-14)26-15-3-2-4-16(10-15)28-20(21,22)23/h2-11H,1H3,(H,24,26). The summed E-state index contributed by atoms with van der Waals surface area (Å²) in [6.07, 6.45) is -3.06. The van der Waals surface area contributed by atoms with E-state index < -0.39 is 6.36 Å². The summed E-state index contributed by atoms with van der Waals surface area (Å²) in [4.78, 5) is 8.64. The number of oxazole rings is 1. The van der Waals surface area contributed by atoms with Gasteiger partial charge < -0.3 is 14.5 Å². The van der Waals surface area contributed by atoms with Crippen molar-refractivity contribution < 1.29 is 22.3 Å². The summed E-state index contributed by atoms with van der Waals surface area (Å²) in [5.74, 6) is 0.790. The van der Waals surface area contributed by atoms with Crippen molar-refractivity contribution in [3.05, 3.63) is 66.7 Å². The predicted octanol–water partition coefficient (Wildman–Crippen LogP) is 5.84. The number of anilines is 2. The highest BCUT2D eigenvalue weighted by Crippen LogP contribution is 2.28. The van der Waals surface area contributed by atoms with Gasteiger partial charge in [-0.1, -0.05) is 12.1 Å². The Bertz CT molecular complexity index is 1120. The molecule has 4 rings (SSSR count). The van der Waals surface area contributed by atoms with Gasteiger partial charge in [-0.05, 0) is 42.0 Å². The quantitative estimate of drug-likeness (QED) is 0.478. The molecule has 0 aliphatic rings. The van der Waals surface area contributed by atoms with E-state index in [0.717, 1.165) is 16.6 Å². The zero-order valence-electron chi connectivity index (χ0n) is 14.6. The molecule has 2 heterocycles. The first-order valence-corrected chi connectivity index (χ1v) is 8.32. The molecule has 2 aromatic carbocycles. The normalized spacial score (nSPS) is 11.6. The van der Waals surface area contributed by atoms with E-state index in [1.54, 1.807) is 25.3 Å². The van der Waals surface area contributed by atoms with E-state index in [1.807, 2.05) is 24.3 Å². The number of rotatable bonds is 4. The maximum atomic E-state index is 12.3. The minimum absolute atomic E-state index is 0.301. The van der Waals surface area contributed by atoms with E-state index in [1.165, 1.54) is 18.2 Å². The van der Waals surface area contributed by atoms with Gasteiger partial charge in [0.15, 0.2) is 11.5 Å². The zero-order chi connectivity index (χ0) is 19.7. The third-order valence-electron chi connectivity index (χ3n) is 3.93. The summed E-state index contributed by atoms with van der Waals surface area (Å²) in [5, 5.41) is 2.96. The maximum absolute atomic E-state index is 12.3. The fraction of sp³-hybridized carbons (Fsp3) is 0.100. The molecule has 4 aromatic rings. The Morgan fingerprint density at radius 1 is 1.00 bits per heavy atom. The van der Waals surface area contributed by atoms with Crippen LogP contribution in [0.15, 0.2) is 65.2 Å². The van der Waals surface area contributed by atoms with E-state index in [2.05, 4.69) is 20.0 Å². The van der Waals surface area contributed by atoms with Crippen LogP contribution in [0.3, 0.4) is 0 Å². The van der Waals surface area contributed by atoms with Gasteiger partial charge in [0.25, 0.3) is 0 Å². The molecule has 0 saturated heterocycles. The molecule has 28 heavy (non-hydrogen) atoms. The average Bonchev–Trinajstić information content (AvgIpc) is 3.00. The lowest BCUT2D eigenvalue weighted by atomic mass is 10.1. The number of hydrogen-bond donors (Lipinski definition) is 1. The number of ether oxygens (including phenoxy) is 1. The van der Waals surface area contributed by atoms with Gasteiger partial charge in [-0.2, -0.15) is 0 Å². The molecule has 0 aliphatic heterocycles. The number of fused-ring (bicyclic) bond motifs is 1. The van der Waals surface area contributed by atoms with Gasteiger partial charge >= 0.3 is 6.36 Å². The monoisotopic (exact) mass is 385 g/mol. The minimum atomic E-state index is -4.73. The number of nitrogens with zero attached hydrogens (tertiary/aromatic N) is 2. The van der Waals surface area contributed by atoms with Crippen molar-refractivity contribution in [3.63, 3.8) is 0 Å². The van der Waals surface area contributed by atoms with Gasteiger partial charge in [0.1, 0.15) is 17.1 Å². The molecule has 5 nitrogen and oxygen atoms in total. The summed E-state index contributed by atoms with van der Waals surface area (Å²) < 4.78 is 46.4. The van der Waals surface area contributed by atoms with Gasteiger partial charge in [-0.15, -0.1) is 13.2 Å². The number of halogens is 3. The van der Waals surface area contributed by atoms with Crippen molar-refractivity contribution in [2.24, 2.45) is 0 Å². The highest BCUT2D eigenvalue weighted by Gasteiger charge is 2.31. The summed E-state index contributed by atoms with van der Waals surface area (Å²) in [6.45, 7) is 1.79. The van der Waals surface area contributed by atoms with Crippen LogP contribution in [0.5, 0.6) is 5.75 Å². The van der Waals surface area contributed by atoms with Crippen molar-refractivity contribution in [1.82, 2.24) is 9.97 Å². The van der Waals surface area contributed by atoms with Crippen LogP contribution < -0.4 is 10.1 Å². The molecule has 0 unspecified atom stereocenters. The fourth-order valence-electron chi connectivity index (χ4n) is 2.78. The first-order chi connectivity index (χ1) is 13.4.